The second-order valence-electron chi connectivity index (χ2n) is 44.6. The summed E-state index contributed by atoms with van der Waals surface area (Å²) in [6.45, 7) is 60.8. The molecule has 138 heavy (non-hydrogen) atoms. The molecule has 1 fully saturated rings. The first-order valence-corrected chi connectivity index (χ1v) is 59.3. The van der Waals surface area contributed by atoms with Crippen molar-refractivity contribution in [3.8, 4) is 78.2 Å². The molecule has 0 unspecified atom stereocenters. The van der Waals surface area contributed by atoms with E-state index in [2.05, 4.69) is 389 Å². The molecule has 6 aromatic heterocycles. The molecule has 1 aliphatic heterocycles. The lowest BCUT2D eigenvalue weighted by molar-refractivity contribution is 0.00578. The maximum Gasteiger partial charge on any atom is 0.509 e. The topological polar surface area (TPSA) is 129 Å². The molecule has 10 aromatic carbocycles. The normalized spacial score (nSPS) is 14.0. The molecule has 0 spiro atoms. The maximum atomic E-state index is 12.4. The number of halogens is 2. The number of hydrogen-bond donors (Lipinski definition) is 2. The van der Waals surface area contributed by atoms with Gasteiger partial charge in [0.15, 0.2) is 24.0 Å². The first kappa shape index (κ1) is 103. The van der Waals surface area contributed by atoms with Gasteiger partial charge in [0.1, 0.15) is 39.1 Å². The SMILES string of the molecule is CCOCOc1c(-n2c3ccc(C(C)(C)C)cc3c3cc(C(C)(C)C)ccc32)csc1B1OC(C)(C)C(C)(C)O1.CC[Si](CC)(COc1ccccc1-c1scc(-n2c3ccc(C(C)(C)C)cc3c3cc(C(C)(C)C)ccc32)c1O)COc1ccccc1-c1scc(-n2c3ccc(C(C)(C)C)cc3c3cc(C(C)(C)C)ccc32)c1O.CC[Si](CC)(COc1ccccc1I)COc1ccccc1I. The third-order valence-corrected chi connectivity index (χ3v) is 42.3. The average molecular weight is 2170 g/mol. The van der Waals surface area contributed by atoms with Crippen molar-refractivity contribution in [2.75, 3.05) is 38.3 Å². The summed E-state index contributed by atoms with van der Waals surface area (Å²) in [6, 6.07) is 77.8. The van der Waals surface area contributed by atoms with E-state index >= 15 is 0 Å². The Balaban J connectivity index is 0.000000189. The van der Waals surface area contributed by atoms with E-state index in [1.54, 1.807) is 34.0 Å². The molecule has 17 rings (SSSR count). The van der Waals surface area contributed by atoms with Crippen LogP contribution in [0.25, 0.3) is 103 Å². The summed E-state index contributed by atoms with van der Waals surface area (Å²) < 4.78 is 61.2. The lowest BCUT2D eigenvalue weighted by atomic mass is 9.85. The van der Waals surface area contributed by atoms with Gasteiger partial charge in [-0.15, -0.1) is 34.0 Å². The van der Waals surface area contributed by atoms with E-state index in [-0.39, 0.29) is 50.8 Å². The number of nitrogens with zero attached hydrogens (tertiary/aromatic N) is 3. The van der Waals surface area contributed by atoms with E-state index in [0.29, 0.717) is 19.1 Å². The van der Waals surface area contributed by atoms with Crippen molar-refractivity contribution in [2.45, 2.75) is 255 Å². The molecule has 0 amide bonds. The van der Waals surface area contributed by atoms with Crippen LogP contribution >= 0.6 is 79.2 Å². The second-order valence-corrected chi connectivity index (χ2v) is 59.6. The molecule has 1 aliphatic rings. The molecule has 0 aliphatic carbocycles. The number of aromatic hydroxyl groups is 2. The predicted molar refractivity (Wildman–Crippen MR) is 609 cm³/mol. The number of para-hydroxylation sites is 4. The Hall–Kier alpha value is -8.86. The molecular weight excluding hydrogens is 2020 g/mol. The molecule has 726 valence electrons. The smallest absolute Gasteiger partial charge is 0.504 e. The number of benzene rings is 10. The van der Waals surface area contributed by atoms with Gasteiger partial charge in [0, 0.05) is 66.2 Å². The minimum atomic E-state index is -2.23. The highest BCUT2D eigenvalue weighted by molar-refractivity contribution is 14.1. The number of fused-ring (bicyclic) bond motifs is 9. The van der Waals surface area contributed by atoms with Crippen molar-refractivity contribution < 1.29 is 47.9 Å². The van der Waals surface area contributed by atoms with Gasteiger partial charge in [-0.2, -0.15) is 0 Å². The van der Waals surface area contributed by atoms with E-state index in [1.165, 1.54) is 72.8 Å². The average Bonchev–Trinajstić information content (AvgIpc) is 1.57. The molecule has 0 saturated carbocycles. The largest absolute Gasteiger partial charge is 0.509 e. The van der Waals surface area contributed by atoms with Crippen molar-refractivity contribution in [2.24, 2.45) is 0 Å². The fourth-order valence-electron chi connectivity index (χ4n) is 18.0. The molecule has 21 heteroatoms. The number of hydrogen-bond acceptors (Lipinski definition) is 13. The van der Waals surface area contributed by atoms with Crippen LogP contribution in [0.3, 0.4) is 0 Å². The quantitative estimate of drug-likeness (QED) is 0.0234. The molecule has 0 bridgehead atoms. The van der Waals surface area contributed by atoms with E-state index in [1.807, 2.05) is 79.7 Å². The summed E-state index contributed by atoms with van der Waals surface area (Å²) in [6.07, 6.45) is 2.72. The van der Waals surface area contributed by atoms with Crippen LogP contribution in [0, 0.1) is 7.14 Å². The molecule has 2 N–H and O–H groups in total. The molecule has 0 radical (unpaired) electrons. The van der Waals surface area contributed by atoms with Crippen LogP contribution in [0.5, 0.6) is 40.2 Å². The zero-order chi connectivity index (χ0) is 99.5. The molecule has 13 nitrogen and oxygen atoms in total. The summed E-state index contributed by atoms with van der Waals surface area (Å²) in [5, 5.41) is 38.3. The molecular formula is C117H140BI2N3O10S3Si2. The summed E-state index contributed by atoms with van der Waals surface area (Å²) in [4.78, 5) is 1.55. The van der Waals surface area contributed by atoms with E-state index in [4.69, 9.17) is 37.7 Å². The van der Waals surface area contributed by atoms with Crippen molar-refractivity contribution in [1.29, 1.82) is 0 Å². The van der Waals surface area contributed by atoms with Crippen molar-refractivity contribution >= 4 is 173 Å². The second kappa shape index (κ2) is 40.5. The van der Waals surface area contributed by atoms with Gasteiger partial charge in [-0.05, 0) is 267 Å². The van der Waals surface area contributed by atoms with Gasteiger partial charge in [0.2, 0.25) is 0 Å². The van der Waals surface area contributed by atoms with Crippen LogP contribution < -0.4 is 28.5 Å². The highest BCUT2D eigenvalue weighted by Gasteiger charge is 2.54. The van der Waals surface area contributed by atoms with Crippen molar-refractivity contribution in [3.05, 3.63) is 263 Å². The van der Waals surface area contributed by atoms with Crippen molar-refractivity contribution in [3.63, 3.8) is 0 Å². The number of aromatic nitrogens is 3. The fourth-order valence-corrected chi connectivity index (χ4v) is 26.6. The Morgan fingerprint density at radius 3 is 0.877 bits per heavy atom. The van der Waals surface area contributed by atoms with E-state index in [0.717, 1.165) is 141 Å². The van der Waals surface area contributed by atoms with Crippen LogP contribution in [0.1, 0.15) is 220 Å². The van der Waals surface area contributed by atoms with E-state index < -0.39 is 34.5 Å². The lowest BCUT2D eigenvalue weighted by Gasteiger charge is -2.32. The number of rotatable bonds is 26. The van der Waals surface area contributed by atoms with Gasteiger partial charge in [0.05, 0.1) is 108 Å². The van der Waals surface area contributed by atoms with E-state index in [9.17, 15) is 10.2 Å². The van der Waals surface area contributed by atoms with Crippen LogP contribution in [0.2, 0.25) is 24.2 Å². The van der Waals surface area contributed by atoms with Gasteiger partial charge in [-0.25, -0.2) is 0 Å². The zero-order valence-corrected chi connectivity index (χ0v) is 94.8. The summed E-state index contributed by atoms with van der Waals surface area (Å²) in [5.41, 5.74) is 17.7. The molecule has 16 aromatic rings. The Kier molecular flexibility index (Phi) is 30.4. The van der Waals surface area contributed by atoms with Gasteiger partial charge in [-0.3, -0.25) is 0 Å². The minimum absolute atomic E-state index is 0.0119. The molecule has 7 heterocycles. The zero-order valence-electron chi connectivity index (χ0n) is 86.0. The first-order chi connectivity index (χ1) is 65.1. The molecule has 1 saturated heterocycles. The van der Waals surface area contributed by atoms with Crippen LogP contribution in [-0.4, -0.2) is 96.7 Å². The van der Waals surface area contributed by atoms with Gasteiger partial charge in [-0.1, -0.05) is 261 Å². The summed E-state index contributed by atoms with van der Waals surface area (Å²) >= 11 is 9.36. The minimum Gasteiger partial charge on any atom is -0.504 e. The van der Waals surface area contributed by atoms with Crippen molar-refractivity contribution in [1.82, 2.24) is 13.7 Å². The third kappa shape index (κ3) is 21.3. The highest BCUT2D eigenvalue weighted by atomic mass is 127. The first-order valence-electron chi connectivity index (χ1n) is 48.8. The fraction of sp³-hybridized carbons (Fsp3) is 0.385. The summed E-state index contributed by atoms with van der Waals surface area (Å²) in [5.74, 6) is 4.70. The number of thiophene rings is 3. The Labute approximate surface area is 860 Å². The summed E-state index contributed by atoms with van der Waals surface area (Å²) in [7, 11) is -4.35. The van der Waals surface area contributed by atoms with Crippen LogP contribution in [0.15, 0.2) is 222 Å². The highest BCUT2D eigenvalue weighted by Crippen LogP contribution is 2.52. The lowest BCUT2D eigenvalue weighted by Crippen LogP contribution is -2.46. The van der Waals surface area contributed by atoms with Crippen LogP contribution in [0.4, 0.5) is 0 Å². The predicted octanol–water partition coefficient (Wildman–Crippen LogP) is 33.0. The Morgan fingerprint density at radius 1 is 0.341 bits per heavy atom. The third-order valence-electron chi connectivity index (χ3n) is 28.5. The number of ether oxygens (including phenoxy) is 6. The van der Waals surface area contributed by atoms with Gasteiger partial charge < -0.3 is 61.6 Å². The maximum absolute atomic E-state index is 12.4. The van der Waals surface area contributed by atoms with Gasteiger partial charge in [0.25, 0.3) is 0 Å². The van der Waals surface area contributed by atoms with Crippen LogP contribution in [-0.2, 0) is 46.5 Å². The monoisotopic (exact) mass is 2160 g/mol. The Bertz CT molecular complexity index is 6580. The van der Waals surface area contributed by atoms with Gasteiger partial charge >= 0.3 is 7.12 Å². The molecule has 0 atom stereocenters. The Morgan fingerprint density at radius 2 is 0.601 bits per heavy atom. The standard InChI is InChI=1S/C66H74N2O4S2Si.C33H44BNO4S.C18H22I2O2Si/c1-15-75(16-2,39-71-57-23-19-17-21-45(57)61-59(69)55(37-73-61)67-51-29-25-41(63(3,4)5)33-47(51)48-34-42(64(6,7)8)26-30-52(48)67)40-72-58-24-20-18-22-46(58)62-60(70)56(38-74-62)68-53-31-27-43(65(9,10)11)35-49(53)50-36-44(66(12,13)14)28-32-54(50)68;1-12-36-20-37-28-27(19-40-29(28)34-38-32(8,9)33(10,11)39-34)35-25-15-13-21(30(2,3)4)17-23(25)24-18-22(31(5,6)7)14-16-26(24)35;1-3-23(4-2,13-21-17-11-7-5-9-15(17)19)14-22-18-12-8-6-10-16(18)20/h17-38,69-70H,15-16,39-40H2,1-14H3;13-19H,12,20H2,1-11H3;5-12H,3-4,13-14H2,1-2H3.